The Kier molecular flexibility index (Phi) is 3.90. The van der Waals surface area contributed by atoms with E-state index in [1.807, 2.05) is 6.92 Å². The van der Waals surface area contributed by atoms with Crippen molar-refractivity contribution in [3.05, 3.63) is 29.6 Å². The van der Waals surface area contributed by atoms with Gasteiger partial charge in [0.15, 0.2) is 0 Å². The van der Waals surface area contributed by atoms with Crippen molar-refractivity contribution in [2.75, 3.05) is 6.54 Å². The van der Waals surface area contributed by atoms with Crippen molar-refractivity contribution in [3.8, 4) is 0 Å². The predicted molar refractivity (Wildman–Crippen MR) is 63.3 cm³/mol. The molecule has 1 unspecified atom stereocenters. The SMILES string of the molecule is CC(CCNC1CC1)c1cnccc1C(F)(F)F. The molecule has 18 heavy (non-hydrogen) atoms. The van der Waals surface area contributed by atoms with E-state index in [0.717, 1.165) is 12.6 Å². The number of halogens is 3. The first-order valence-corrected chi connectivity index (χ1v) is 6.23. The monoisotopic (exact) mass is 258 g/mol. The van der Waals surface area contributed by atoms with Gasteiger partial charge < -0.3 is 5.32 Å². The molecule has 0 spiro atoms. The van der Waals surface area contributed by atoms with Gasteiger partial charge in [0, 0.05) is 18.4 Å². The molecule has 1 atom stereocenters. The summed E-state index contributed by atoms with van der Waals surface area (Å²) in [4.78, 5) is 3.82. The number of hydrogen-bond acceptors (Lipinski definition) is 2. The summed E-state index contributed by atoms with van der Waals surface area (Å²) in [6, 6.07) is 1.65. The van der Waals surface area contributed by atoms with Crippen LogP contribution in [0.3, 0.4) is 0 Å². The molecule has 5 heteroatoms. The molecule has 1 N–H and O–H groups in total. The lowest BCUT2D eigenvalue weighted by molar-refractivity contribution is -0.138. The van der Waals surface area contributed by atoms with Crippen molar-refractivity contribution in [2.24, 2.45) is 0 Å². The van der Waals surface area contributed by atoms with Gasteiger partial charge in [-0.2, -0.15) is 13.2 Å². The van der Waals surface area contributed by atoms with Gasteiger partial charge in [0.1, 0.15) is 0 Å². The molecule has 0 radical (unpaired) electrons. The van der Waals surface area contributed by atoms with Crippen LogP contribution in [0.5, 0.6) is 0 Å². The van der Waals surface area contributed by atoms with Crippen LogP contribution >= 0.6 is 0 Å². The van der Waals surface area contributed by atoms with Gasteiger partial charge in [-0.15, -0.1) is 0 Å². The molecular formula is C13H17F3N2. The third-order valence-electron chi connectivity index (χ3n) is 3.28. The molecule has 0 bridgehead atoms. The maximum atomic E-state index is 12.8. The van der Waals surface area contributed by atoms with Gasteiger partial charge in [-0.25, -0.2) is 0 Å². The second kappa shape index (κ2) is 5.26. The molecule has 0 aromatic carbocycles. The molecule has 2 rings (SSSR count). The van der Waals surface area contributed by atoms with Crippen LogP contribution in [-0.2, 0) is 6.18 Å². The smallest absolute Gasteiger partial charge is 0.314 e. The summed E-state index contributed by atoms with van der Waals surface area (Å²) < 4.78 is 38.5. The topological polar surface area (TPSA) is 24.9 Å². The van der Waals surface area contributed by atoms with Crippen molar-refractivity contribution in [1.29, 1.82) is 0 Å². The average Bonchev–Trinajstić information content (AvgIpc) is 3.12. The van der Waals surface area contributed by atoms with Gasteiger partial charge in [-0.3, -0.25) is 4.98 Å². The fourth-order valence-corrected chi connectivity index (χ4v) is 2.00. The summed E-state index contributed by atoms with van der Waals surface area (Å²) in [5.74, 6) is -0.137. The second-order valence-corrected chi connectivity index (χ2v) is 4.88. The zero-order chi connectivity index (χ0) is 13.2. The quantitative estimate of drug-likeness (QED) is 0.876. The lowest BCUT2D eigenvalue weighted by atomic mass is 9.94. The van der Waals surface area contributed by atoms with Gasteiger partial charge in [-0.1, -0.05) is 6.92 Å². The highest BCUT2D eigenvalue weighted by molar-refractivity contribution is 5.29. The highest BCUT2D eigenvalue weighted by atomic mass is 19.4. The first kappa shape index (κ1) is 13.3. The van der Waals surface area contributed by atoms with Crippen LogP contribution in [0.15, 0.2) is 18.5 Å². The van der Waals surface area contributed by atoms with Gasteiger partial charge in [0.2, 0.25) is 0 Å². The van der Waals surface area contributed by atoms with Gasteiger partial charge in [0.25, 0.3) is 0 Å². The number of rotatable bonds is 5. The van der Waals surface area contributed by atoms with Crippen LogP contribution in [0.1, 0.15) is 43.2 Å². The van der Waals surface area contributed by atoms with E-state index in [1.54, 1.807) is 0 Å². The van der Waals surface area contributed by atoms with E-state index in [9.17, 15) is 13.2 Å². The minimum absolute atomic E-state index is 0.137. The number of alkyl halides is 3. The molecule has 1 aromatic rings. The zero-order valence-corrected chi connectivity index (χ0v) is 10.3. The average molecular weight is 258 g/mol. The molecule has 0 saturated heterocycles. The number of nitrogens with one attached hydrogen (secondary N) is 1. The molecule has 100 valence electrons. The van der Waals surface area contributed by atoms with Crippen molar-refractivity contribution in [2.45, 2.75) is 44.3 Å². The van der Waals surface area contributed by atoms with E-state index >= 15 is 0 Å². The van der Waals surface area contributed by atoms with E-state index in [2.05, 4.69) is 10.3 Å². The Morgan fingerprint density at radius 1 is 1.44 bits per heavy atom. The number of aromatic nitrogens is 1. The van der Waals surface area contributed by atoms with E-state index in [1.165, 1.54) is 25.2 Å². The Balaban J connectivity index is 2.01. The van der Waals surface area contributed by atoms with E-state index in [0.29, 0.717) is 18.0 Å². The fourth-order valence-electron chi connectivity index (χ4n) is 2.00. The highest BCUT2D eigenvalue weighted by Gasteiger charge is 2.34. The largest absolute Gasteiger partial charge is 0.416 e. The summed E-state index contributed by atoms with van der Waals surface area (Å²) in [5.41, 5.74) is -0.265. The van der Waals surface area contributed by atoms with Gasteiger partial charge in [-0.05, 0) is 43.4 Å². The van der Waals surface area contributed by atoms with Crippen molar-refractivity contribution < 1.29 is 13.2 Å². The summed E-state index contributed by atoms with van der Waals surface area (Å²) in [5, 5.41) is 3.31. The number of pyridine rings is 1. The standard InChI is InChI=1S/C13H17F3N2/c1-9(4-7-18-10-2-3-10)11-8-17-6-5-12(11)13(14,15)16/h5-6,8-10,18H,2-4,7H2,1H3. The fraction of sp³-hybridized carbons (Fsp3) is 0.615. The third-order valence-corrected chi connectivity index (χ3v) is 3.28. The minimum Gasteiger partial charge on any atom is -0.314 e. The van der Waals surface area contributed by atoms with Crippen LogP contribution in [-0.4, -0.2) is 17.6 Å². The van der Waals surface area contributed by atoms with Crippen molar-refractivity contribution in [1.82, 2.24) is 10.3 Å². The molecule has 1 fully saturated rings. The Morgan fingerprint density at radius 3 is 2.78 bits per heavy atom. The lowest BCUT2D eigenvalue weighted by Gasteiger charge is -2.17. The molecule has 1 aliphatic carbocycles. The Morgan fingerprint density at radius 2 is 2.17 bits per heavy atom. The van der Waals surface area contributed by atoms with Crippen LogP contribution in [0.25, 0.3) is 0 Å². The summed E-state index contributed by atoms with van der Waals surface area (Å²) in [6.45, 7) is 2.58. The Labute approximate surface area is 105 Å². The molecule has 1 saturated carbocycles. The van der Waals surface area contributed by atoms with Gasteiger partial charge >= 0.3 is 6.18 Å². The maximum absolute atomic E-state index is 12.8. The molecule has 1 heterocycles. The number of nitrogens with zero attached hydrogens (tertiary/aromatic N) is 1. The molecule has 0 amide bonds. The van der Waals surface area contributed by atoms with Crippen molar-refractivity contribution >= 4 is 0 Å². The molecule has 1 aliphatic rings. The molecule has 2 nitrogen and oxygen atoms in total. The first-order valence-electron chi connectivity index (χ1n) is 6.23. The molecule has 0 aliphatic heterocycles. The van der Waals surface area contributed by atoms with E-state index < -0.39 is 11.7 Å². The van der Waals surface area contributed by atoms with Gasteiger partial charge in [0.05, 0.1) is 5.56 Å². The van der Waals surface area contributed by atoms with Crippen LogP contribution in [0, 0.1) is 0 Å². The van der Waals surface area contributed by atoms with Crippen LogP contribution in [0.4, 0.5) is 13.2 Å². The maximum Gasteiger partial charge on any atom is 0.416 e. The Bertz CT molecular complexity index is 399. The third kappa shape index (κ3) is 3.45. The Hall–Kier alpha value is -1.10. The van der Waals surface area contributed by atoms with Crippen LogP contribution in [0.2, 0.25) is 0 Å². The molecule has 1 aromatic heterocycles. The van der Waals surface area contributed by atoms with E-state index in [-0.39, 0.29) is 5.92 Å². The first-order chi connectivity index (χ1) is 8.48. The highest BCUT2D eigenvalue weighted by Crippen LogP contribution is 2.35. The van der Waals surface area contributed by atoms with Crippen LogP contribution < -0.4 is 5.32 Å². The van der Waals surface area contributed by atoms with E-state index in [4.69, 9.17) is 0 Å². The lowest BCUT2D eigenvalue weighted by Crippen LogP contribution is -2.20. The zero-order valence-electron chi connectivity index (χ0n) is 10.3. The second-order valence-electron chi connectivity index (χ2n) is 4.88. The summed E-state index contributed by atoms with van der Waals surface area (Å²) >= 11 is 0. The number of hydrogen-bond donors (Lipinski definition) is 1. The minimum atomic E-state index is -4.30. The predicted octanol–water partition coefficient (Wildman–Crippen LogP) is 3.35. The summed E-state index contributed by atoms with van der Waals surface area (Å²) in [6.07, 6.45) is 1.32. The van der Waals surface area contributed by atoms with Crippen molar-refractivity contribution in [3.63, 3.8) is 0 Å². The normalized spacial score (nSPS) is 17.8. The molecular weight excluding hydrogens is 241 g/mol. The summed E-state index contributed by atoms with van der Waals surface area (Å²) in [7, 11) is 0.